The summed E-state index contributed by atoms with van der Waals surface area (Å²) < 4.78 is 27.1. The Hall–Kier alpha value is -1.76. The van der Waals surface area contributed by atoms with E-state index < -0.39 is 10.0 Å². The summed E-state index contributed by atoms with van der Waals surface area (Å²) in [6.07, 6.45) is 2.38. The normalized spacial score (nSPS) is 13.0. The zero-order valence-corrected chi connectivity index (χ0v) is 12.7. The van der Waals surface area contributed by atoms with E-state index in [0.717, 1.165) is 12.0 Å². The minimum Gasteiger partial charge on any atom is -0.324 e. The lowest BCUT2D eigenvalue weighted by Crippen LogP contribution is -2.24. The van der Waals surface area contributed by atoms with Gasteiger partial charge in [0.05, 0.1) is 17.1 Å². The molecule has 21 heavy (non-hydrogen) atoms. The van der Waals surface area contributed by atoms with Gasteiger partial charge in [-0.3, -0.25) is 4.98 Å². The predicted octanol–water partition coefficient (Wildman–Crippen LogP) is 1.97. The summed E-state index contributed by atoms with van der Waals surface area (Å²) in [5.41, 5.74) is 7.43. The van der Waals surface area contributed by atoms with E-state index in [-0.39, 0.29) is 17.5 Å². The van der Waals surface area contributed by atoms with E-state index in [1.165, 1.54) is 0 Å². The van der Waals surface area contributed by atoms with Crippen LogP contribution in [-0.2, 0) is 16.6 Å². The van der Waals surface area contributed by atoms with Crippen molar-refractivity contribution in [3.63, 3.8) is 0 Å². The monoisotopic (exact) mass is 305 g/mol. The Labute approximate surface area is 125 Å². The second-order valence-electron chi connectivity index (χ2n) is 4.73. The Balaban J connectivity index is 2.16. The van der Waals surface area contributed by atoms with Crippen molar-refractivity contribution in [1.82, 2.24) is 9.71 Å². The van der Waals surface area contributed by atoms with Crippen molar-refractivity contribution >= 4 is 10.0 Å². The minimum atomic E-state index is -3.57. The van der Waals surface area contributed by atoms with Gasteiger partial charge in [-0.1, -0.05) is 25.1 Å². The zero-order valence-electron chi connectivity index (χ0n) is 11.9. The van der Waals surface area contributed by atoms with Crippen molar-refractivity contribution in [3.8, 4) is 0 Å². The van der Waals surface area contributed by atoms with E-state index in [1.807, 2.05) is 19.1 Å². The predicted molar refractivity (Wildman–Crippen MR) is 81.9 cm³/mol. The number of nitrogens with one attached hydrogen (secondary N) is 1. The van der Waals surface area contributed by atoms with Gasteiger partial charge in [-0.2, -0.15) is 0 Å². The fourth-order valence-electron chi connectivity index (χ4n) is 1.90. The largest absolute Gasteiger partial charge is 0.324 e. The van der Waals surface area contributed by atoms with Crippen LogP contribution in [0.15, 0.2) is 53.6 Å². The smallest absolute Gasteiger partial charge is 0.240 e. The van der Waals surface area contributed by atoms with Crippen molar-refractivity contribution < 1.29 is 8.42 Å². The van der Waals surface area contributed by atoms with E-state index in [4.69, 9.17) is 5.73 Å². The summed E-state index contributed by atoms with van der Waals surface area (Å²) in [7, 11) is -3.57. The molecule has 0 aliphatic carbocycles. The molecule has 112 valence electrons. The van der Waals surface area contributed by atoms with E-state index in [0.29, 0.717) is 5.69 Å². The maximum Gasteiger partial charge on any atom is 0.240 e. The molecule has 2 rings (SSSR count). The van der Waals surface area contributed by atoms with Crippen LogP contribution in [-0.4, -0.2) is 13.4 Å². The summed E-state index contributed by atoms with van der Waals surface area (Å²) >= 11 is 0. The van der Waals surface area contributed by atoms with Crippen LogP contribution < -0.4 is 10.5 Å². The topological polar surface area (TPSA) is 85.1 Å². The summed E-state index contributed by atoms with van der Waals surface area (Å²) in [4.78, 5) is 4.31. The van der Waals surface area contributed by atoms with Gasteiger partial charge in [0.15, 0.2) is 0 Å². The third-order valence-corrected chi connectivity index (χ3v) is 4.60. The minimum absolute atomic E-state index is 0.157. The van der Waals surface area contributed by atoms with Crippen molar-refractivity contribution in [2.75, 3.05) is 0 Å². The molecule has 0 saturated heterocycles. The molecule has 1 unspecified atom stereocenters. The molecular formula is C15H19N3O2S. The highest BCUT2D eigenvalue weighted by molar-refractivity contribution is 7.89. The van der Waals surface area contributed by atoms with Gasteiger partial charge in [-0.05, 0) is 36.2 Å². The number of benzene rings is 1. The molecule has 0 aliphatic heterocycles. The molecule has 1 aromatic carbocycles. The summed E-state index contributed by atoms with van der Waals surface area (Å²) in [6, 6.07) is 11.9. The molecule has 0 bridgehead atoms. The van der Waals surface area contributed by atoms with E-state index in [1.54, 1.807) is 36.5 Å². The third-order valence-electron chi connectivity index (χ3n) is 3.21. The van der Waals surface area contributed by atoms with Crippen LogP contribution in [0.3, 0.4) is 0 Å². The second kappa shape index (κ2) is 6.80. The van der Waals surface area contributed by atoms with Gasteiger partial charge in [0, 0.05) is 12.2 Å². The molecule has 0 radical (unpaired) electrons. The van der Waals surface area contributed by atoms with Gasteiger partial charge in [0.25, 0.3) is 0 Å². The van der Waals surface area contributed by atoms with Crippen molar-refractivity contribution in [1.29, 1.82) is 0 Å². The highest BCUT2D eigenvalue weighted by Gasteiger charge is 2.15. The number of pyridine rings is 1. The lowest BCUT2D eigenvalue weighted by atomic mass is 10.1. The van der Waals surface area contributed by atoms with Crippen LogP contribution in [0.4, 0.5) is 0 Å². The fraction of sp³-hybridized carbons (Fsp3) is 0.267. The molecule has 1 aromatic heterocycles. The number of aromatic nitrogens is 1. The van der Waals surface area contributed by atoms with Gasteiger partial charge in [-0.25, -0.2) is 13.1 Å². The first-order valence-corrected chi connectivity index (χ1v) is 8.26. The molecule has 0 spiro atoms. The summed E-state index contributed by atoms with van der Waals surface area (Å²) in [5.74, 6) is 0. The molecule has 0 saturated carbocycles. The summed E-state index contributed by atoms with van der Waals surface area (Å²) in [5, 5.41) is 0. The van der Waals surface area contributed by atoms with Gasteiger partial charge >= 0.3 is 0 Å². The number of nitrogens with two attached hydrogens (primary N) is 1. The van der Waals surface area contributed by atoms with Gasteiger partial charge in [0.2, 0.25) is 10.0 Å². The highest BCUT2D eigenvalue weighted by Crippen LogP contribution is 2.18. The molecular weight excluding hydrogens is 286 g/mol. The van der Waals surface area contributed by atoms with Gasteiger partial charge < -0.3 is 5.73 Å². The second-order valence-corrected chi connectivity index (χ2v) is 6.50. The van der Waals surface area contributed by atoms with Crippen LogP contribution >= 0.6 is 0 Å². The molecule has 1 atom stereocenters. The average Bonchev–Trinajstić information content (AvgIpc) is 2.53. The van der Waals surface area contributed by atoms with Gasteiger partial charge in [0.1, 0.15) is 0 Å². The molecule has 2 aromatic rings. The van der Waals surface area contributed by atoms with Gasteiger partial charge in [-0.15, -0.1) is 0 Å². The zero-order chi connectivity index (χ0) is 15.3. The average molecular weight is 305 g/mol. The molecule has 3 N–H and O–H groups in total. The Morgan fingerprint density at radius 2 is 2.05 bits per heavy atom. The standard InChI is InChI=1S/C15H19N3O2S/c1-2-15(16)12-6-5-8-14(10-12)21(19,20)18-11-13-7-3-4-9-17-13/h3-10,15,18H,2,11,16H2,1H3. The Bertz CT molecular complexity index is 687. The number of rotatable bonds is 6. The van der Waals surface area contributed by atoms with Crippen LogP contribution in [0.25, 0.3) is 0 Å². The number of hydrogen-bond acceptors (Lipinski definition) is 4. The molecule has 0 fully saturated rings. The molecule has 1 heterocycles. The van der Waals surface area contributed by atoms with Crippen molar-refractivity contribution in [2.45, 2.75) is 30.8 Å². The van der Waals surface area contributed by atoms with Crippen LogP contribution in [0, 0.1) is 0 Å². The van der Waals surface area contributed by atoms with Crippen LogP contribution in [0.5, 0.6) is 0 Å². The van der Waals surface area contributed by atoms with Crippen LogP contribution in [0.1, 0.15) is 30.6 Å². The van der Waals surface area contributed by atoms with E-state index >= 15 is 0 Å². The van der Waals surface area contributed by atoms with Crippen LogP contribution in [0.2, 0.25) is 0 Å². The highest BCUT2D eigenvalue weighted by atomic mass is 32.2. The van der Waals surface area contributed by atoms with E-state index in [9.17, 15) is 8.42 Å². The Morgan fingerprint density at radius 1 is 1.24 bits per heavy atom. The molecule has 6 heteroatoms. The quantitative estimate of drug-likeness (QED) is 0.854. The lowest BCUT2D eigenvalue weighted by molar-refractivity contribution is 0.580. The molecule has 0 aliphatic rings. The Morgan fingerprint density at radius 3 is 2.71 bits per heavy atom. The SMILES string of the molecule is CCC(N)c1cccc(S(=O)(=O)NCc2ccccn2)c1. The third kappa shape index (κ3) is 4.10. The first-order chi connectivity index (χ1) is 10.0. The molecule has 5 nitrogen and oxygen atoms in total. The summed E-state index contributed by atoms with van der Waals surface area (Å²) in [6.45, 7) is 2.12. The van der Waals surface area contributed by atoms with E-state index in [2.05, 4.69) is 9.71 Å². The maximum atomic E-state index is 12.3. The number of hydrogen-bond donors (Lipinski definition) is 2. The molecule has 0 amide bonds. The maximum absolute atomic E-state index is 12.3. The lowest BCUT2D eigenvalue weighted by Gasteiger charge is -2.12. The Kier molecular flexibility index (Phi) is 5.06. The first kappa shape index (κ1) is 15.6. The van der Waals surface area contributed by atoms with Crippen molar-refractivity contribution in [2.24, 2.45) is 5.73 Å². The number of nitrogens with zero attached hydrogens (tertiary/aromatic N) is 1. The fourth-order valence-corrected chi connectivity index (χ4v) is 2.96. The van der Waals surface area contributed by atoms with Crippen molar-refractivity contribution in [3.05, 3.63) is 59.9 Å². The number of sulfonamides is 1. The first-order valence-electron chi connectivity index (χ1n) is 6.78.